The average molecular weight is 446 g/mol. The predicted octanol–water partition coefficient (Wildman–Crippen LogP) is 4.76. The van der Waals surface area contributed by atoms with E-state index in [2.05, 4.69) is 0 Å². The third-order valence-electron chi connectivity index (χ3n) is 6.40. The third kappa shape index (κ3) is 2.66. The molecular formula is C22H18BF3O4S. The summed E-state index contributed by atoms with van der Waals surface area (Å²) in [5.74, 6) is 0. The molecule has 0 spiro atoms. The highest BCUT2D eigenvalue weighted by Gasteiger charge is 2.69. The number of hydrogen-bond donors (Lipinski definition) is 0. The van der Waals surface area contributed by atoms with Gasteiger partial charge in [0, 0.05) is 0 Å². The summed E-state index contributed by atoms with van der Waals surface area (Å²) < 4.78 is 76.0. The zero-order valence-electron chi connectivity index (χ0n) is 16.9. The van der Waals surface area contributed by atoms with Gasteiger partial charge in [0.1, 0.15) is 0 Å². The third-order valence-corrected chi connectivity index (χ3v) is 8.63. The minimum atomic E-state index is -5.66. The molecule has 160 valence electrons. The normalized spacial score (nSPS) is 22.2. The first-order chi connectivity index (χ1) is 14.4. The lowest BCUT2D eigenvalue weighted by atomic mass is 9.77. The number of halogens is 3. The average Bonchev–Trinajstić information content (AvgIpc) is 2.95. The van der Waals surface area contributed by atoms with Gasteiger partial charge in [0.25, 0.3) is 9.84 Å². The number of hydrogen-bond acceptors (Lipinski definition) is 4. The van der Waals surface area contributed by atoms with Crippen molar-refractivity contribution in [1.82, 2.24) is 0 Å². The molecule has 0 aromatic heterocycles. The van der Waals surface area contributed by atoms with E-state index in [1.165, 1.54) is 13.8 Å². The smallest absolute Gasteiger partial charge is 0.398 e. The summed E-state index contributed by atoms with van der Waals surface area (Å²) in [4.78, 5) is -2.60. The summed E-state index contributed by atoms with van der Waals surface area (Å²) in [6.07, 6.45) is 0. The second-order valence-electron chi connectivity index (χ2n) is 8.53. The van der Waals surface area contributed by atoms with Crippen molar-refractivity contribution in [3.63, 3.8) is 0 Å². The number of sulfone groups is 1. The van der Waals surface area contributed by atoms with Crippen LogP contribution in [0.4, 0.5) is 13.2 Å². The Morgan fingerprint density at radius 1 is 0.806 bits per heavy atom. The fourth-order valence-electron chi connectivity index (χ4n) is 4.40. The highest BCUT2D eigenvalue weighted by molar-refractivity contribution is 7.93. The topological polar surface area (TPSA) is 52.6 Å². The zero-order chi connectivity index (χ0) is 22.4. The minimum Gasteiger partial charge on any atom is -0.398 e. The fraction of sp³-hybridized carbons (Fsp3) is 0.273. The summed E-state index contributed by atoms with van der Waals surface area (Å²) in [5.41, 5.74) is -6.74. The molecule has 0 bridgehead atoms. The molecule has 5 rings (SSSR count). The van der Waals surface area contributed by atoms with Gasteiger partial charge in [-0.1, -0.05) is 54.6 Å². The van der Waals surface area contributed by atoms with E-state index >= 15 is 0 Å². The highest BCUT2D eigenvalue weighted by Crippen LogP contribution is 2.47. The summed E-state index contributed by atoms with van der Waals surface area (Å²) >= 11 is 0. The van der Waals surface area contributed by atoms with Crippen LogP contribution in [0.2, 0.25) is 0 Å². The lowest BCUT2D eigenvalue weighted by Crippen LogP contribution is -2.55. The Morgan fingerprint density at radius 2 is 1.29 bits per heavy atom. The van der Waals surface area contributed by atoms with Gasteiger partial charge >= 0.3 is 12.6 Å². The minimum absolute atomic E-state index is 0.458. The maximum atomic E-state index is 13.4. The molecule has 1 saturated heterocycles. The summed E-state index contributed by atoms with van der Waals surface area (Å²) in [6.45, 7) is 3.50. The van der Waals surface area contributed by atoms with E-state index in [0.29, 0.717) is 5.46 Å². The Morgan fingerprint density at radius 3 is 1.81 bits per heavy atom. The van der Waals surface area contributed by atoms with E-state index in [4.69, 9.17) is 9.31 Å². The van der Waals surface area contributed by atoms with Gasteiger partial charge in [-0.25, -0.2) is 8.42 Å². The standard InChI is InChI=1S/C22H18BF3O4S/c1-20(2)21(3,31(27,28)22(24,25)26)30-23(29-20)17-11-15-9-7-13-5-4-6-14-8-10-16(12-17)19(15)18(13)14/h4-12H,1-3H3. The van der Waals surface area contributed by atoms with E-state index < -0.39 is 33.0 Å². The van der Waals surface area contributed by atoms with Crippen molar-refractivity contribution < 1.29 is 30.9 Å². The van der Waals surface area contributed by atoms with E-state index in [0.717, 1.165) is 39.2 Å². The molecule has 1 fully saturated rings. The monoisotopic (exact) mass is 446 g/mol. The molecule has 0 N–H and O–H groups in total. The van der Waals surface area contributed by atoms with Gasteiger partial charge in [-0.05, 0) is 58.6 Å². The molecule has 1 aliphatic rings. The molecule has 4 aromatic rings. The first-order valence-corrected chi connectivity index (χ1v) is 11.2. The van der Waals surface area contributed by atoms with Crippen LogP contribution in [-0.4, -0.2) is 31.6 Å². The molecule has 4 nitrogen and oxygen atoms in total. The van der Waals surface area contributed by atoms with Crippen molar-refractivity contribution in [1.29, 1.82) is 0 Å². The van der Waals surface area contributed by atoms with Crippen LogP contribution in [0.3, 0.4) is 0 Å². The van der Waals surface area contributed by atoms with Crippen LogP contribution in [-0.2, 0) is 19.1 Å². The quantitative estimate of drug-likeness (QED) is 0.329. The van der Waals surface area contributed by atoms with Crippen LogP contribution in [0.15, 0.2) is 54.6 Å². The summed E-state index contributed by atoms with van der Waals surface area (Å²) in [6, 6.07) is 17.4. The van der Waals surface area contributed by atoms with Gasteiger partial charge in [-0.3, -0.25) is 0 Å². The fourth-order valence-corrected chi connectivity index (χ4v) is 5.75. The van der Waals surface area contributed by atoms with Crippen LogP contribution in [0.1, 0.15) is 20.8 Å². The Kier molecular flexibility index (Phi) is 4.05. The van der Waals surface area contributed by atoms with Crippen LogP contribution in [0.5, 0.6) is 0 Å². The molecule has 0 saturated carbocycles. The van der Waals surface area contributed by atoms with Gasteiger partial charge in [0.05, 0.1) is 5.60 Å². The summed E-state index contributed by atoms with van der Waals surface area (Å²) in [7, 11) is -6.93. The van der Waals surface area contributed by atoms with E-state index in [1.807, 2.05) is 42.5 Å². The van der Waals surface area contributed by atoms with Crippen molar-refractivity contribution in [2.24, 2.45) is 0 Å². The maximum absolute atomic E-state index is 13.4. The van der Waals surface area contributed by atoms with Gasteiger partial charge < -0.3 is 9.31 Å². The Balaban J connectivity index is 1.67. The van der Waals surface area contributed by atoms with Crippen LogP contribution < -0.4 is 5.46 Å². The summed E-state index contributed by atoms with van der Waals surface area (Å²) in [5, 5.41) is 6.04. The maximum Gasteiger partial charge on any atom is 0.500 e. The van der Waals surface area contributed by atoms with Crippen molar-refractivity contribution in [3.8, 4) is 0 Å². The molecule has 1 heterocycles. The largest absolute Gasteiger partial charge is 0.500 e. The van der Waals surface area contributed by atoms with Gasteiger partial charge in [0.2, 0.25) is 0 Å². The van der Waals surface area contributed by atoms with Gasteiger partial charge in [-0.2, -0.15) is 13.2 Å². The highest BCUT2D eigenvalue weighted by atomic mass is 32.2. The predicted molar refractivity (Wildman–Crippen MR) is 115 cm³/mol. The molecule has 0 amide bonds. The van der Waals surface area contributed by atoms with Gasteiger partial charge in [0.15, 0.2) is 4.93 Å². The molecule has 31 heavy (non-hydrogen) atoms. The van der Waals surface area contributed by atoms with Gasteiger partial charge in [-0.15, -0.1) is 0 Å². The number of benzene rings is 4. The van der Waals surface area contributed by atoms with Crippen LogP contribution >= 0.6 is 0 Å². The molecule has 1 atom stereocenters. The van der Waals surface area contributed by atoms with Crippen LogP contribution in [0, 0.1) is 0 Å². The molecule has 0 radical (unpaired) electrons. The van der Waals surface area contributed by atoms with E-state index in [9.17, 15) is 21.6 Å². The first kappa shape index (κ1) is 20.5. The number of rotatable bonds is 2. The van der Waals surface area contributed by atoms with E-state index in [1.54, 1.807) is 12.1 Å². The first-order valence-electron chi connectivity index (χ1n) is 9.70. The molecule has 1 aliphatic heterocycles. The molecule has 1 unspecified atom stereocenters. The molecule has 9 heteroatoms. The molecular weight excluding hydrogens is 428 g/mol. The Hall–Kier alpha value is -2.36. The zero-order valence-corrected chi connectivity index (χ0v) is 17.8. The number of alkyl halides is 3. The second-order valence-corrected chi connectivity index (χ2v) is 10.8. The Bertz CT molecular complexity index is 1380. The van der Waals surface area contributed by atoms with E-state index in [-0.39, 0.29) is 0 Å². The van der Waals surface area contributed by atoms with Crippen LogP contribution in [0.25, 0.3) is 32.3 Å². The van der Waals surface area contributed by atoms with Crippen molar-refractivity contribution in [2.75, 3.05) is 0 Å². The second kappa shape index (κ2) is 6.12. The Labute approximate surface area is 177 Å². The van der Waals surface area contributed by atoms with Crippen molar-refractivity contribution >= 4 is 54.7 Å². The lowest BCUT2D eigenvalue weighted by Gasteiger charge is -2.35. The van der Waals surface area contributed by atoms with Crippen molar-refractivity contribution in [3.05, 3.63) is 54.6 Å². The molecule has 4 aromatic carbocycles. The SMILES string of the molecule is CC1(C)OB(c2cc3ccc4cccc5ccc(c2)c3c45)OC1(C)S(=O)(=O)C(F)(F)F. The molecule has 0 aliphatic carbocycles. The van der Waals surface area contributed by atoms with Crippen molar-refractivity contribution in [2.45, 2.75) is 36.8 Å². The lowest BCUT2D eigenvalue weighted by molar-refractivity contribution is -0.0564.